The van der Waals surface area contributed by atoms with Gasteiger partial charge in [0.15, 0.2) is 0 Å². The van der Waals surface area contributed by atoms with E-state index >= 15 is 0 Å². The fourth-order valence-electron chi connectivity index (χ4n) is 1.73. The SMILES string of the molecule is CCCCOC(=O)/C=C/c1cc(F)ccc1CN(C)C. The Balaban J connectivity index is 2.74. The summed E-state index contributed by atoms with van der Waals surface area (Å²) in [5, 5.41) is 0. The molecule has 0 unspecified atom stereocenters. The Morgan fingerprint density at radius 3 is 2.80 bits per heavy atom. The molecule has 0 N–H and O–H groups in total. The normalized spacial score (nSPS) is 11.2. The highest BCUT2D eigenvalue weighted by atomic mass is 19.1. The summed E-state index contributed by atoms with van der Waals surface area (Å²) in [5.74, 6) is -0.704. The maximum absolute atomic E-state index is 13.3. The molecule has 0 heterocycles. The van der Waals surface area contributed by atoms with Crippen molar-refractivity contribution in [1.29, 1.82) is 0 Å². The average molecular weight is 279 g/mol. The molecule has 0 aliphatic carbocycles. The number of esters is 1. The summed E-state index contributed by atoms with van der Waals surface area (Å²) in [5.41, 5.74) is 1.67. The Morgan fingerprint density at radius 2 is 2.15 bits per heavy atom. The lowest BCUT2D eigenvalue weighted by Gasteiger charge is -2.12. The molecule has 1 aromatic rings. The minimum Gasteiger partial charge on any atom is -0.463 e. The Hall–Kier alpha value is -1.68. The third kappa shape index (κ3) is 5.97. The van der Waals surface area contributed by atoms with Gasteiger partial charge in [-0.2, -0.15) is 0 Å². The quantitative estimate of drug-likeness (QED) is 0.436. The van der Waals surface area contributed by atoms with Crippen molar-refractivity contribution in [3.05, 3.63) is 41.2 Å². The number of rotatable bonds is 7. The second kappa shape index (κ2) is 8.48. The molecule has 4 heteroatoms. The fraction of sp³-hybridized carbons (Fsp3) is 0.438. The Morgan fingerprint density at radius 1 is 1.40 bits per heavy atom. The van der Waals surface area contributed by atoms with E-state index in [1.807, 2.05) is 25.9 Å². The van der Waals surface area contributed by atoms with E-state index in [9.17, 15) is 9.18 Å². The van der Waals surface area contributed by atoms with Crippen molar-refractivity contribution in [3.63, 3.8) is 0 Å². The first-order valence-corrected chi connectivity index (χ1v) is 6.81. The van der Waals surface area contributed by atoms with Gasteiger partial charge in [0, 0.05) is 12.6 Å². The van der Waals surface area contributed by atoms with E-state index in [0.717, 1.165) is 18.4 Å². The van der Waals surface area contributed by atoms with Gasteiger partial charge in [0.25, 0.3) is 0 Å². The van der Waals surface area contributed by atoms with Crippen molar-refractivity contribution >= 4 is 12.0 Å². The van der Waals surface area contributed by atoms with Crippen molar-refractivity contribution in [1.82, 2.24) is 4.90 Å². The zero-order valence-corrected chi connectivity index (χ0v) is 12.4. The molecular formula is C16H22FNO2. The van der Waals surface area contributed by atoms with Crippen molar-refractivity contribution in [2.24, 2.45) is 0 Å². The van der Waals surface area contributed by atoms with Gasteiger partial charge in [-0.05, 0) is 49.9 Å². The summed E-state index contributed by atoms with van der Waals surface area (Å²) in [6.45, 7) is 3.14. The van der Waals surface area contributed by atoms with Gasteiger partial charge in [-0.1, -0.05) is 19.4 Å². The molecule has 0 bridgehead atoms. The minimum absolute atomic E-state index is 0.313. The first-order chi connectivity index (χ1) is 9.52. The van der Waals surface area contributed by atoms with Gasteiger partial charge in [-0.25, -0.2) is 9.18 Å². The highest BCUT2D eigenvalue weighted by Crippen LogP contribution is 2.15. The number of carbonyl (C=O) groups is 1. The van der Waals surface area contributed by atoms with Gasteiger partial charge < -0.3 is 9.64 Å². The molecule has 0 saturated heterocycles. The highest BCUT2D eigenvalue weighted by molar-refractivity contribution is 5.87. The lowest BCUT2D eigenvalue weighted by Crippen LogP contribution is -2.11. The third-order valence-electron chi connectivity index (χ3n) is 2.74. The Labute approximate surface area is 120 Å². The Bertz CT molecular complexity index is 470. The minimum atomic E-state index is -0.390. The molecule has 0 amide bonds. The molecule has 3 nitrogen and oxygen atoms in total. The molecule has 0 atom stereocenters. The van der Waals surface area contributed by atoms with Crippen LogP contribution in [0.15, 0.2) is 24.3 Å². The van der Waals surface area contributed by atoms with Crippen LogP contribution in [0.1, 0.15) is 30.9 Å². The summed E-state index contributed by atoms with van der Waals surface area (Å²) in [6.07, 6.45) is 4.79. The van der Waals surface area contributed by atoms with Crippen molar-refractivity contribution in [2.45, 2.75) is 26.3 Å². The molecule has 1 aromatic carbocycles. The Kier molecular flexibility index (Phi) is 6.94. The van der Waals surface area contributed by atoms with Crippen LogP contribution < -0.4 is 0 Å². The van der Waals surface area contributed by atoms with E-state index in [-0.39, 0.29) is 5.82 Å². The smallest absolute Gasteiger partial charge is 0.330 e. The maximum Gasteiger partial charge on any atom is 0.330 e. The van der Waals surface area contributed by atoms with Gasteiger partial charge in [-0.15, -0.1) is 0 Å². The largest absolute Gasteiger partial charge is 0.463 e. The average Bonchev–Trinajstić information content (AvgIpc) is 2.39. The van der Waals surface area contributed by atoms with E-state index < -0.39 is 5.97 Å². The van der Waals surface area contributed by atoms with Gasteiger partial charge in [0.1, 0.15) is 5.82 Å². The van der Waals surface area contributed by atoms with Crippen molar-refractivity contribution in [2.75, 3.05) is 20.7 Å². The van der Waals surface area contributed by atoms with Crippen molar-refractivity contribution < 1.29 is 13.9 Å². The maximum atomic E-state index is 13.3. The van der Waals surface area contributed by atoms with Crippen molar-refractivity contribution in [3.8, 4) is 0 Å². The number of carbonyl (C=O) groups excluding carboxylic acids is 1. The van der Waals surface area contributed by atoms with Crippen LogP contribution in [0.4, 0.5) is 4.39 Å². The zero-order valence-electron chi connectivity index (χ0n) is 12.4. The van der Waals surface area contributed by atoms with Crippen LogP contribution in [0.5, 0.6) is 0 Å². The first kappa shape index (κ1) is 16.4. The second-order valence-electron chi connectivity index (χ2n) is 4.94. The summed E-state index contributed by atoms with van der Waals surface area (Å²) in [4.78, 5) is 13.5. The molecule has 1 rings (SSSR count). The second-order valence-corrected chi connectivity index (χ2v) is 4.94. The van der Waals surface area contributed by atoms with E-state index in [1.165, 1.54) is 18.2 Å². The molecule has 0 aliphatic rings. The molecule has 0 aliphatic heterocycles. The predicted octanol–water partition coefficient (Wildman–Crippen LogP) is 3.24. The van der Waals surface area contributed by atoms with Gasteiger partial charge in [0.2, 0.25) is 0 Å². The van der Waals surface area contributed by atoms with Gasteiger partial charge in [0.05, 0.1) is 6.61 Å². The van der Waals surface area contributed by atoms with Gasteiger partial charge >= 0.3 is 5.97 Å². The zero-order chi connectivity index (χ0) is 15.0. The van der Waals surface area contributed by atoms with Crippen LogP contribution in [0, 0.1) is 5.82 Å². The number of hydrogen-bond acceptors (Lipinski definition) is 3. The summed E-state index contributed by atoms with van der Waals surface area (Å²) >= 11 is 0. The number of nitrogens with zero attached hydrogens (tertiary/aromatic N) is 1. The number of halogens is 1. The molecule has 0 radical (unpaired) electrons. The van der Waals surface area contributed by atoms with Crippen LogP contribution in [-0.2, 0) is 16.1 Å². The van der Waals surface area contributed by atoms with E-state index in [2.05, 4.69) is 0 Å². The topological polar surface area (TPSA) is 29.5 Å². The molecule has 0 saturated carbocycles. The van der Waals surface area contributed by atoms with Crippen LogP contribution in [-0.4, -0.2) is 31.6 Å². The number of unbranched alkanes of at least 4 members (excludes halogenated alkanes) is 1. The standard InChI is InChI=1S/C16H22FNO2/c1-4-5-10-20-16(19)9-7-13-11-15(17)8-6-14(13)12-18(2)3/h6-9,11H,4-5,10,12H2,1-3H3/b9-7+. The van der Waals surface area contributed by atoms with Crippen LogP contribution in [0.2, 0.25) is 0 Å². The highest BCUT2D eigenvalue weighted by Gasteiger charge is 2.04. The van der Waals surface area contributed by atoms with Crippen LogP contribution in [0.25, 0.3) is 6.08 Å². The molecule has 0 fully saturated rings. The van der Waals surface area contributed by atoms with Gasteiger partial charge in [-0.3, -0.25) is 0 Å². The summed E-state index contributed by atoms with van der Waals surface area (Å²) in [6, 6.07) is 4.59. The monoisotopic (exact) mass is 279 g/mol. The molecule has 110 valence electrons. The molecule has 0 aromatic heterocycles. The third-order valence-corrected chi connectivity index (χ3v) is 2.74. The number of ether oxygens (including phenoxy) is 1. The van der Waals surface area contributed by atoms with Crippen LogP contribution in [0.3, 0.4) is 0 Å². The first-order valence-electron chi connectivity index (χ1n) is 6.81. The summed E-state index contributed by atoms with van der Waals surface area (Å²) in [7, 11) is 3.88. The predicted molar refractivity (Wildman–Crippen MR) is 78.7 cm³/mol. The number of hydrogen-bond donors (Lipinski definition) is 0. The molecular weight excluding hydrogens is 257 g/mol. The van der Waals surface area contributed by atoms with Crippen LogP contribution >= 0.6 is 0 Å². The lowest BCUT2D eigenvalue weighted by atomic mass is 10.1. The van der Waals surface area contributed by atoms with E-state index in [1.54, 1.807) is 12.1 Å². The fourth-order valence-corrected chi connectivity index (χ4v) is 1.73. The number of benzene rings is 1. The molecule has 0 spiro atoms. The van der Waals surface area contributed by atoms with E-state index in [4.69, 9.17) is 4.74 Å². The van der Waals surface area contributed by atoms with E-state index in [0.29, 0.717) is 18.7 Å². The lowest BCUT2D eigenvalue weighted by molar-refractivity contribution is -0.137. The molecule has 20 heavy (non-hydrogen) atoms. The summed E-state index contributed by atoms with van der Waals surface area (Å²) < 4.78 is 18.3.